The molecular weight excluding hydrogens is 290 g/mol. The van der Waals surface area contributed by atoms with Gasteiger partial charge in [-0.25, -0.2) is 0 Å². The van der Waals surface area contributed by atoms with Gasteiger partial charge >= 0.3 is 0 Å². The summed E-state index contributed by atoms with van der Waals surface area (Å²) in [5.74, 6) is 0. The zero-order valence-electron chi connectivity index (χ0n) is 10.7. The first-order valence-electron chi connectivity index (χ1n) is 6.34. The number of hydrogen-bond acceptors (Lipinski definition) is 3. The largest absolute Gasteiger partial charge is 0.281 e. The van der Waals surface area contributed by atoms with Crippen LogP contribution in [-0.4, -0.2) is 16.7 Å². The fourth-order valence-corrected chi connectivity index (χ4v) is 3.15. The second-order valence-electron chi connectivity index (χ2n) is 4.49. The Balaban J connectivity index is 1.83. The van der Waals surface area contributed by atoms with Crippen LogP contribution in [0, 0.1) is 0 Å². The predicted molar refractivity (Wildman–Crippen MR) is 84.9 cm³/mol. The van der Waals surface area contributed by atoms with Gasteiger partial charge in [-0.3, -0.25) is 9.79 Å². The van der Waals surface area contributed by atoms with Gasteiger partial charge in [-0.2, -0.15) is 0 Å². The number of halogens is 1. The number of fused-ring (bicyclic) bond motifs is 1. The summed E-state index contributed by atoms with van der Waals surface area (Å²) in [6, 6.07) is 15.1. The Morgan fingerprint density at radius 3 is 2.65 bits per heavy atom. The Morgan fingerprint density at radius 2 is 1.85 bits per heavy atom. The van der Waals surface area contributed by atoms with Crippen LogP contribution >= 0.6 is 23.4 Å². The second kappa shape index (κ2) is 5.81. The maximum absolute atomic E-state index is 12.3. The van der Waals surface area contributed by atoms with Crippen molar-refractivity contribution in [3.05, 3.63) is 70.2 Å². The smallest absolute Gasteiger partial charge is 0.225 e. The molecule has 100 valence electrons. The van der Waals surface area contributed by atoms with Gasteiger partial charge in [-0.1, -0.05) is 35.9 Å². The Kier molecular flexibility index (Phi) is 3.90. The van der Waals surface area contributed by atoms with Crippen molar-refractivity contribution in [3.8, 4) is 0 Å². The van der Waals surface area contributed by atoms with Gasteiger partial charge in [-0.15, -0.1) is 0 Å². The quantitative estimate of drug-likeness (QED) is 0.789. The van der Waals surface area contributed by atoms with Crippen molar-refractivity contribution in [1.29, 1.82) is 0 Å². The highest BCUT2D eigenvalue weighted by Gasteiger charge is 2.18. The molecule has 3 rings (SSSR count). The van der Waals surface area contributed by atoms with E-state index >= 15 is 0 Å². The van der Waals surface area contributed by atoms with Crippen LogP contribution in [0.25, 0.3) is 0 Å². The van der Waals surface area contributed by atoms with Gasteiger partial charge in [0.05, 0.1) is 0 Å². The van der Waals surface area contributed by atoms with Gasteiger partial charge < -0.3 is 0 Å². The first-order chi connectivity index (χ1) is 9.74. The number of carbonyl (C=O) groups is 1. The standard InChI is InChI=1S/C16H12ClNOS/c17-13-7-5-12(6-8-13)16(19)20-15-14-4-2-1-3-11(14)9-10-18-15/h1-8H,9-10H2. The molecular formula is C16H12ClNOS. The average molecular weight is 302 g/mol. The first-order valence-corrected chi connectivity index (χ1v) is 7.54. The Morgan fingerprint density at radius 1 is 1.10 bits per heavy atom. The van der Waals surface area contributed by atoms with Crippen LogP contribution in [0.3, 0.4) is 0 Å². The van der Waals surface area contributed by atoms with Crippen LogP contribution in [0.2, 0.25) is 5.02 Å². The Bertz CT molecular complexity index is 679. The lowest BCUT2D eigenvalue weighted by atomic mass is 10.0. The first kappa shape index (κ1) is 13.4. The third-order valence-corrected chi connectivity index (χ3v) is 4.37. The van der Waals surface area contributed by atoms with Gasteiger partial charge in [0.25, 0.3) is 0 Å². The van der Waals surface area contributed by atoms with Crippen molar-refractivity contribution in [2.75, 3.05) is 6.54 Å². The minimum Gasteiger partial charge on any atom is -0.281 e. The van der Waals surface area contributed by atoms with Gasteiger partial charge in [-0.05, 0) is 48.0 Å². The topological polar surface area (TPSA) is 29.4 Å². The maximum atomic E-state index is 12.3. The number of aliphatic imine (C=N–C) groups is 1. The summed E-state index contributed by atoms with van der Waals surface area (Å²) in [6.45, 7) is 0.743. The van der Waals surface area contributed by atoms with Crippen LogP contribution in [0.5, 0.6) is 0 Å². The van der Waals surface area contributed by atoms with Crippen LogP contribution in [0.1, 0.15) is 21.5 Å². The number of thioether (sulfide) groups is 1. The molecule has 1 aliphatic rings. The summed E-state index contributed by atoms with van der Waals surface area (Å²) in [6.07, 6.45) is 0.940. The Hall–Kier alpha value is -1.58. The molecule has 0 aromatic heterocycles. The molecule has 0 atom stereocenters. The summed E-state index contributed by atoms with van der Waals surface area (Å²) in [5, 5.41) is 1.44. The van der Waals surface area contributed by atoms with Gasteiger partial charge in [0, 0.05) is 22.7 Å². The third kappa shape index (κ3) is 2.79. The van der Waals surface area contributed by atoms with E-state index in [9.17, 15) is 4.79 Å². The van der Waals surface area contributed by atoms with Crippen molar-refractivity contribution >= 4 is 33.5 Å². The fourth-order valence-electron chi connectivity index (χ4n) is 2.13. The molecule has 0 fully saturated rings. The van der Waals surface area contributed by atoms with Crippen LogP contribution in [0.15, 0.2) is 53.5 Å². The van der Waals surface area contributed by atoms with E-state index in [0.717, 1.165) is 23.6 Å². The lowest BCUT2D eigenvalue weighted by molar-refractivity contribution is 0.109. The number of rotatable bonds is 1. The maximum Gasteiger partial charge on any atom is 0.225 e. The number of hydrogen-bond donors (Lipinski definition) is 0. The molecule has 1 heterocycles. The van der Waals surface area contributed by atoms with E-state index in [1.807, 2.05) is 18.2 Å². The molecule has 0 N–H and O–H groups in total. The molecule has 0 unspecified atom stereocenters. The van der Waals surface area contributed by atoms with E-state index in [2.05, 4.69) is 11.1 Å². The predicted octanol–water partition coefficient (Wildman–Crippen LogP) is 4.22. The SMILES string of the molecule is O=C(SC1=NCCc2ccccc21)c1ccc(Cl)cc1. The van der Waals surface area contributed by atoms with E-state index in [0.29, 0.717) is 10.6 Å². The lowest BCUT2D eigenvalue weighted by Gasteiger charge is -2.15. The molecule has 4 heteroatoms. The molecule has 0 saturated heterocycles. The van der Waals surface area contributed by atoms with E-state index in [1.54, 1.807) is 24.3 Å². The monoisotopic (exact) mass is 301 g/mol. The summed E-state index contributed by atoms with van der Waals surface area (Å²) >= 11 is 7.02. The molecule has 0 radical (unpaired) electrons. The molecule has 0 saturated carbocycles. The zero-order valence-corrected chi connectivity index (χ0v) is 12.2. The van der Waals surface area contributed by atoms with E-state index in [1.165, 1.54) is 17.3 Å². The van der Waals surface area contributed by atoms with Crippen molar-refractivity contribution in [3.63, 3.8) is 0 Å². The summed E-state index contributed by atoms with van der Waals surface area (Å²) < 4.78 is 0. The second-order valence-corrected chi connectivity index (χ2v) is 5.89. The molecule has 2 nitrogen and oxygen atoms in total. The molecule has 0 aliphatic carbocycles. The normalized spacial score (nSPS) is 13.6. The number of benzene rings is 2. The highest BCUT2D eigenvalue weighted by Crippen LogP contribution is 2.25. The van der Waals surface area contributed by atoms with Crippen molar-refractivity contribution < 1.29 is 4.79 Å². The highest BCUT2D eigenvalue weighted by atomic mass is 35.5. The average Bonchev–Trinajstić information content (AvgIpc) is 2.48. The van der Waals surface area contributed by atoms with Crippen molar-refractivity contribution in [2.45, 2.75) is 6.42 Å². The zero-order chi connectivity index (χ0) is 13.9. The molecule has 0 amide bonds. The third-order valence-electron chi connectivity index (χ3n) is 3.15. The summed E-state index contributed by atoms with van der Waals surface area (Å²) in [5.41, 5.74) is 2.98. The van der Waals surface area contributed by atoms with E-state index < -0.39 is 0 Å². The summed E-state index contributed by atoms with van der Waals surface area (Å²) in [7, 11) is 0. The van der Waals surface area contributed by atoms with E-state index in [4.69, 9.17) is 11.6 Å². The molecule has 1 aliphatic heterocycles. The molecule has 2 aromatic rings. The van der Waals surface area contributed by atoms with Crippen molar-refractivity contribution in [1.82, 2.24) is 0 Å². The minimum absolute atomic E-state index is 0.00267. The molecule has 0 spiro atoms. The van der Waals surface area contributed by atoms with E-state index in [-0.39, 0.29) is 5.12 Å². The van der Waals surface area contributed by atoms with Crippen LogP contribution in [-0.2, 0) is 6.42 Å². The highest BCUT2D eigenvalue weighted by molar-refractivity contribution is 8.27. The molecule has 20 heavy (non-hydrogen) atoms. The van der Waals surface area contributed by atoms with Crippen LogP contribution < -0.4 is 0 Å². The fraction of sp³-hybridized carbons (Fsp3) is 0.125. The lowest BCUT2D eigenvalue weighted by Crippen LogP contribution is -2.12. The van der Waals surface area contributed by atoms with Gasteiger partial charge in [0.2, 0.25) is 5.12 Å². The number of nitrogens with zero attached hydrogens (tertiary/aromatic N) is 1. The van der Waals surface area contributed by atoms with Gasteiger partial charge in [0.1, 0.15) is 5.04 Å². The number of carbonyl (C=O) groups excluding carboxylic acids is 1. The minimum atomic E-state index is -0.00267. The molecule has 2 aromatic carbocycles. The molecule has 0 bridgehead atoms. The van der Waals surface area contributed by atoms with Crippen molar-refractivity contribution in [2.24, 2.45) is 4.99 Å². The summed E-state index contributed by atoms with van der Waals surface area (Å²) in [4.78, 5) is 16.8. The van der Waals surface area contributed by atoms with Gasteiger partial charge in [0.15, 0.2) is 0 Å². The van der Waals surface area contributed by atoms with Crippen LogP contribution in [0.4, 0.5) is 0 Å². The Labute approximate surface area is 126 Å².